The molecule has 2 aromatic rings. The molecule has 2 aromatic carbocycles. The number of aldehydes is 1. The fourth-order valence-corrected chi connectivity index (χ4v) is 6.64. The molecule has 0 spiro atoms. The number of carbonyl (C=O) groups excluding carboxylic acids is 1. The Morgan fingerprint density at radius 2 is 1.91 bits per heavy atom. The molecule has 0 bridgehead atoms. The first-order valence-electron chi connectivity index (χ1n) is 13.0. The number of fused-ring (bicyclic) bond motifs is 3. The lowest BCUT2D eigenvalue weighted by Gasteiger charge is -2.31. The number of allylic oxidation sites excluding steroid dienone is 7. The summed E-state index contributed by atoms with van der Waals surface area (Å²) in [5, 5.41) is 0. The summed E-state index contributed by atoms with van der Waals surface area (Å²) < 4.78 is 0. The molecule has 0 saturated heterocycles. The lowest BCUT2D eigenvalue weighted by atomic mass is 9.79. The molecular formula is C32H33NO. The van der Waals surface area contributed by atoms with Gasteiger partial charge in [-0.2, -0.15) is 0 Å². The highest BCUT2D eigenvalue weighted by molar-refractivity contribution is 5.79. The normalized spacial score (nSPS) is 26.0. The zero-order valence-corrected chi connectivity index (χ0v) is 19.8. The summed E-state index contributed by atoms with van der Waals surface area (Å²) in [4.78, 5) is 14.0. The Balaban J connectivity index is 1.23. The van der Waals surface area contributed by atoms with Crippen LogP contribution in [0.1, 0.15) is 78.3 Å². The number of anilines is 1. The van der Waals surface area contributed by atoms with E-state index in [-0.39, 0.29) is 0 Å². The number of nitrogens with zero attached hydrogens (tertiary/aromatic N) is 1. The molecule has 2 heteroatoms. The topological polar surface area (TPSA) is 20.3 Å². The van der Waals surface area contributed by atoms with E-state index in [1.54, 1.807) is 0 Å². The minimum absolute atomic E-state index is 0.454. The van der Waals surface area contributed by atoms with Crippen LogP contribution in [-0.2, 0) is 0 Å². The fourth-order valence-electron chi connectivity index (χ4n) is 6.64. The van der Waals surface area contributed by atoms with E-state index in [1.807, 2.05) is 6.07 Å². The van der Waals surface area contributed by atoms with Crippen molar-refractivity contribution >= 4 is 12.0 Å². The van der Waals surface area contributed by atoms with Gasteiger partial charge in [-0.1, -0.05) is 67.1 Å². The van der Waals surface area contributed by atoms with Crippen LogP contribution in [0.3, 0.4) is 0 Å². The summed E-state index contributed by atoms with van der Waals surface area (Å²) in [5.74, 6) is 1.56. The highest BCUT2D eigenvalue weighted by Crippen LogP contribution is 2.51. The molecule has 1 fully saturated rings. The summed E-state index contributed by atoms with van der Waals surface area (Å²) in [6.45, 7) is 0. The van der Waals surface area contributed by atoms with Gasteiger partial charge in [0.05, 0.1) is 0 Å². The van der Waals surface area contributed by atoms with Crippen molar-refractivity contribution in [1.82, 2.24) is 0 Å². The molecule has 4 unspecified atom stereocenters. The molecule has 6 rings (SSSR count). The molecule has 0 amide bonds. The molecule has 1 saturated carbocycles. The first-order chi connectivity index (χ1) is 16.8. The predicted octanol–water partition coefficient (Wildman–Crippen LogP) is 7.87. The van der Waals surface area contributed by atoms with Gasteiger partial charge in [0.2, 0.25) is 0 Å². The van der Waals surface area contributed by atoms with E-state index in [2.05, 4.69) is 83.8 Å². The molecular weight excluding hydrogens is 414 g/mol. The van der Waals surface area contributed by atoms with Crippen molar-refractivity contribution in [1.29, 1.82) is 0 Å². The summed E-state index contributed by atoms with van der Waals surface area (Å²) in [7, 11) is 0. The van der Waals surface area contributed by atoms with Gasteiger partial charge in [0.1, 0.15) is 6.29 Å². The van der Waals surface area contributed by atoms with Gasteiger partial charge >= 0.3 is 0 Å². The maximum Gasteiger partial charge on any atom is 0.150 e. The van der Waals surface area contributed by atoms with E-state index in [1.165, 1.54) is 47.3 Å². The molecule has 34 heavy (non-hydrogen) atoms. The predicted molar refractivity (Wildman–Crippen MR) is 140 cm³/mol. The van der Waals surface area contributed by atoms with Gasteiger partial charge in [-0.15, -0.1) is 0 Å². The van der Waals surface area contributed by atoms with Gasteiger partial charge in [0.15, 0.2) is 0 Å². The number of carbonyl (C=O) groups is 1. The third-order valence-corrected chi connectivity index (χ3v) is 8.27. The highest BCUT2D eigenvalue weighted by Gasteiger charge is 2.42. The van der Waals surface area contributed by atoms with Crippen molar-refractivity contribution < 1.29 is 4.79 Å². The van der Waals surface area contributed by atoms with Crippen LogP contribution in [0.15, 0.2) is 96.3 Å². The molecule has 3 aliphatic carbocycles. The molecule has 0 radical (unpaired) electrons. The largest absolute Gasteiger partial charge is 0.338 e. The van der Waals surface area contributed by atoms with Crippen molar-refractivity contribution in [2.24, 2.45) is 5.92 Å². The summed E-state index contributed by atoms with van der Waals surface area (Å²) in [5.41, 5.74) is 7.75. The van der Waals surface area contributed by atoms with Gasteiger partial charge in [0.25, 0.3) is 0 Å². The Morgan fingerprint density at radius 3 is 2.68 bits per heavy atom. The second-order valence-electron chi connectivity index (χ2n) is 10.3. The van der Waals surface area contributed by atoms with E-state index in [9.17, 15) is 4.79 Å². The van der Waals surface area contributed by atoms with Crippen LogP contribution in [0.25, 0.3) is 0 Å². The Morgan fingerprint density at radius 1 is 1.00 bits per heavy atom. The van der Waals surface area contributed by atoms with E-state index in [0.29, 0.717) is 23.8 Å². The van der Waals surface area contributed by atoms with Crippen molar-refractivity contribution in [2.45, 2.75) is 62.8 Å². The number of rotatable bonds is 6. The van der Waals surface area contributed by atoms with Crippen molar-refractivity contribution in [3.8, 4) is 0 Å². The van der Waals surface area contributed by atoms with Gasteiger partial charge < -0.3 is 4.90 Å². The van der Waals surface area contributed by atoms with Crippen LogP contribution in [0.2, 0.25) is 0 Å². The summed E-state index contributed by atoms with van der Waals surface area (Å²) >= 11 is 0. The highest BCUT2D eigenvalue weighted by atomic mass is 16.1. The standard InChI is InChI=1S/C32H33NO/c34-22-24-16-19-32-30(21-24)28-12-7-13-31(28)33(32)27-17-14-23(15-18-27)20-29(25-8-3-1-4-9-25)26-10-5-2-6-11-26/h1,3-5,8-11,14,16-19,21-23,28-29,31H,2,6-7,12-13,15,20H2. The van der Waals surface area contributed by atoms with Gasteiger partial charge in [-0.3, -0.25) is 4.79 Å². The summed E-state index contributed by atoms with van der Waals surface area (Å²) in [6.07, 6.45) is 23.7. The van der Waals surface area contributed by atoms with Crippen LogP contribution in [0.4, 0.5) is 5.69 Å². The lowest BCUT2D eigenvalue weighted by Crippen LogP contribution is -2.30. The number of benzene rings is 2. The average Bonchev–Trinajstić information content (AvgIpc) is 3.49. The van der Waals surface area contributed by atoms with E-state index in [0.717, 1.165) is 37.5 Å². The molecule has 0 N–H and O–H groups in total. The Labute approximate surface area is 203 Å². The van der Waals surface area contributed by atoms with Crippen LogP contribution in [0.5, 0.6) is 0 Å². The van der Waals surface area contributed by atoms with E-state index in [4.69, 9.17) is 0 Å². The van der Waals surface area contributed by atoms with Gasteiger partial charge in [0, 0.05) is 34.8 Å². The lowest BCUT2D eigenvalue weighted by molar-refractivity contribution is 0.112. The Hall–Kier alpha value is -3.13. The second kappa shape index (κ2) is 9.25. The maximum absolute atomic E-state index is 11.4. The minimum Gasteiger partial charge on any atom is -0.338 e. The second-order valence-corrected chi connectivity index (χ2v) is 10.3. The molecule has 2 nitrogen and oxygen atoms in total. The fraction of sp³-hybridized carbons (Fsp3) is 0.344. The minimum atomic E-state index is 0.454. The van der Waals surface area contributed by atoms with Gasteiger partial charge in [-0.05, 0) is 85.4 Å². The van der Waals surface area contributed by atoms with Crippen LogP contribution < -0.4 is 4.90 Å². The monoisotopic (exact) mass is 447 g/mol. The Bertz CT molecular complexity index is 1180. The first kappa shape index (κ1) is 21.4. The zero-order valence-electron chi connectivity index (χ0n) is 19.8. The van der Waals surface area contributed by atoms with Crippen LogP contribution >= 0.6 is 0 Å². The third-order valence-electron chi connectivity index (χ3n) is 8.27. The van der Waals surface area contributed by atoms with Crippen LogP contribution in [-0.4, -0.2) is 12.3 Å². The molecule has 172 valence electrons. The van der Waals surface area contributed by atoms with Crippen molar-refractivity contribution in [3.63, 3.8) is 0 Å². The SMILES string of the molecule is O=Cc1ccc2c(c1)C1CCCC1N2C1=CCC(CC(C2=CCCC=C2)c2ccccc2)C=C1. The van der Waals surface area contributed by atoms with E-state index < -0.39 is 0 Å². The molecule has 1 heterocycles. The molecule has 4 aliphatic rings. The number of hydrogen-bond donors (Lipinski definition) is 0. The molecule has 0 aromatic heterocycles. The average molecular weight is 448 g/mol. The molecule has 1 aliphatic heterocycles. The van der Waals surface area contributed by atoms with Crippen molar-refractivity contribution in [3.05, 3.63) is 113 Å². The third kappa shape index (κ3) is 3.90. The smallest absolute Gasteiger partial charge is 0.150 e. The zero-order chi connectivity index (χ0) is 22.9. The summed E-state index contributed by atoms with van der Waals surface area (Å²) in [6, 6.07) is 17.9. The van der Waals surface area contributed by atoms with Gasteiger partial charge in [-0.25, -0.2) is 0 Å². The van der Waals surface area contributed by atoms with E-state index >= 15 is 0 Å². The first-order valence-corrected chi connectivity index (χ1v) is 13.0. The Kier molecular flexibility index (Phi) is 5.83. The quantitative estimate of drug-likeness (QED) is 0.420. The number of hydrogen-bond acceptors (Lipinski definition) is 2. The van der Waals surface area contributed by atoms with Crippen LogP contribution in [0, 0.1) is 5.92 Å². The maximum atomic E-state index is 11.4. The molecule has 4 atom stereocenters. The van der Waals surface area contributed by atoms with Crippen molar-refractivity contribution in [2.75, 3.05) is 4.90 Å².